The number of nitrogens with zero attached hydrogens (tertiary/aromatic N) is 6. The predicted molar refractivity (Wildman–Crippen MR) is 183 cm³/mol. The molecule has 2 aliphatic carbocycles. The molecule has 3 atom stereocenters. The Hall–Kier alpha value is -5.47. The number of piperidine rings is 1. The molecule has 2 aromatic carbocycles. The number of ether oxygens (including phenoxy) is 1. The minimum absolute atomic E-state index is 0.0239. The lowest BCUT2D eigenvalue weighted by Gasteiger charge is -2.27. The molecule has 11 heteroatoms. The number of rotatable bonds is 6. The van der Waals surface area contributed by atoms with Crippen LogP contribution >= 0.6 is 0 Å². The zero-order valence-corrected chi connectivity index (χ0v) is 26.7. The van der Waals surface area contributed by atoms with E-state index in [0.29, 0.717) is 46.1 Å². The largest absolute Gasteiger partial charge is 0.494 e. The summed E-state index contributed by atoms with van der Waals surface area (Å²) in [5, 5.41) is 10.8. The van der Waals surface area contributed by atoms with Crippen LogP contribution in [0.5, 0.6) is 5.75 Å². The number of benzene rings is 2. The number of aromatic amines is 1. The van der Waals surface area contributed by atoms with Crippen molar-refractivity contribution in [2.75, 3.05) is 13.7 Å². The number of amides is 1. The fraction of sp³-hybridized carbons (Fsp3) is 0.324. The van der Waals surface area contributed by atoms with Crippen molar-refractivity contribution >= 4 is 38.9 Å². The van der Waals surface area contributed by atoms with E-state index in [9.17, 15) is 14.9 Å². The third-order valence-corrected chi connectivity index (χ3v) is 10.7. The third-order valence-electron chi connectivity index (χ3n) is 10.7. The van der Waals surface area contributed by atoms with Crippen LogP contribution in [-0.2, 0) is 13.6 Å². The molecule has 1 saturated heterocycles. The number of hydrogen-bond acceptors (Lipinski definition) is 7. The SMILES string of the molecule is COc1cc(C(=O)N2CC3CCC2C3N)cc2nc(-c3cc4ccc(-c5ccc6[nH]cc(C#N)c(=O)c6c5)nc4n3CC3CC3)n(C)c12. The maximum atomic E-state index is 13.8. The van der Waals surface area contributed by atoms with Crippen LogP contribution in [0.25, 0.3) is 55.7 Å². The number of aryl methyl sites for hydroxylation is 1. The predicted octanol–water partition coefficient (Wildman–Crippen LogP) is 4.95. The third kappa shape index (κ3) is 4.29. The summed E-state index contributed by atoms with van der Waals surface area (Å²) in [6, 6.07) is 17.5. The summed E-state index contributed by atoms with van der Waals surface area (Å²) in [5.41, 5.74) is 12.2. The van der Waals surface area contributed by atoms with Crippen molar-refractivity contribution in [1.29, 1.82) is 5.26 Å². The molecule has 3 N–H and O–H groups in total. The molecule has 4 aromatic heterocycles. The van der Waals surface area contributed by atoms with Gasteiger partial charge in [0.25, 0.3) is 5.91 Å². The molecule has 240 valence electrons. The molecular weight excluding hydrogens is 604 g/mol. The van der Waals surface area contributed by atoms with Crippen molar-refractivity contribution in [2.24, 2.45) is 24.6 Å². The van der Waals surface area contributed by atoms with Gasteiger partial charge in [0.1, 0.15) is 28.5 Å². The second kappa shape index (κ2) is 10.5. The number of nitriles is 1. The molecule has 2 saturated carbocycles. The summed E-state index contributed by atoms with van der Waals surface area (Å²) in [6.07, 6.45) is 5.81. The molecule has 0 spiro atoms. The first-order chi connectivity index (χ1) is 23.3. The summed E-state index contributed by atoms with van der Waals surface area (Å²) in [5.74, 6) is 2.26. The van der Waals surface area contributed by atoms with Gasteiger partial charge in [-0.2, -0.15) is 5.26 Å². The number of carbonyl (C=O) groups is 1. The minimum Gasteiger partial charge on any atom is -0.494 e. The van der Waals surface area contributed by atoms with Crippen LogP contribution in [0.4, 0.5) is 0 Å². The highest BCUT2D eigenvalue weighted by Gasteiger charge is 2.47. The highest BCUT2D eigenvalue weighted by molar-refractivity contribution is 6.00. The zero-order valence-electron chi connectivity index (χ0n) is 26.7. The molecule has 2 bridgehead atoms. The summed E-state index contributed by atoms with van der Waals surface area (Å²) in [4.78, 5) is 41.9. The molecule has 3 fully saturated rings. The van der Waals surface area contributed by atoms with E-state index in [1.54, 1.807) is 13.2 Å². The molecule has 6 aromatic rings. The van der Waals surface area contributed by atoms with E-state index in [1.807, 2.05) is 52.9 Å². The standard InChI is InChI=1S/C37H34N8O3/c1-43-33-28(12-23(14-31(33)48-2)37(47)45-18-22-7-10-29(45)32(22)39)42-36(43)30-13-21-6-8-26(41-35(21)44(30)17-19-3-4-19)20-5-9-27-25(11-20)34(46)24(15-38)16-40-27/h5-6,8-9,11-14,16,19,22,29,32H,3-4,7,10,17-18,39H2,1-2H3,(H,40,46). The van der Waals surface area contributed by atoms with Gasteiger partial charge in [-0.25, -0.2) is 9.97 Å². The summed E-state index contributed by atoms with van der Waals surface area (Å²) in [7, 11) is 3.61. The number of aromatic nitrogens is 5. The molecule has 9 rings (SSSR count). The lowest BCUT2D eigenvalue weighted by molar-refractivity contribution is 0.0700. The average Bonchev–Trinajstić information content (AvgIpc) is 3.51. The molecule has 1 aliphatic heterocycles. The Morgan fingerprint density at radius 3 is 2.69 bits per heavy atom. The van der Waals surface area contributed by atoms with Crippen molar-refractivity contribution < 1.29 is 9.53 Å². The topological polar surface area (TPSA) is 148 Å². The van der Waals surface area contributed by atoms with Crippen LogP contribution in [0.1, 0.15) is 41.6 Å². The van der Waals surface area contributed by atoms with Crippen LogP contribution in [0, 0.1) is 23.2 Å². The maximum absolute atomic E-state index is 13.8. The smallest absolute Gasteiger partial charge is 0.254 e. The lowest BCUT2D eigenvalue weighted by Crippen LogP contribution is -2.41. The Kier molecular flexibility index (Phi) is 6.30. The number of hydrogen-bond donors (Lipinski definition) is 2. The van der Waals surface area contributed by atoms with Crippen LogP contribution in [0.2, 0.25) is 0 Å². The Balaban J connectivity index is 1.16. The van der Waals surface area contributed by atoms with Crippen molar-refractivity contribution in [3.8, 4) is 34.6 Å². The number of likely N-dealkylation sites (tertiary alicyclic amines) is 1. The Morgan fingerprint density at radius 2 is 1.96 bits per heavy atom. The van der Waals surface area contributed by atoms with Crippen LogP contribution in [0.3, 0.4) is 0 Å². The fourth-order valence-electron chi connectivity index (χ4n) is 7.94. The molecule has 3 aliphatic rings. The molecule has 5 heterocycles. The van der Waals surface area contributed by atoms with Gasteiger partial charge in [0, 0.05) is 65.8 Å². The van der Waals surface area contributed by atoms with E-state index in [4.69, 9.17) is 20.4 Å². The second-order valence-corrected chi connectivity index (χ2v) is 13.6. The molecule has 48 heavy (non-hydrogen) atoms. The van der Waals surface area contributed by atoms with Gasteiger partial charge in [0.15, 0.2) is 5.82 Å². The van der Waals surface area contributed by atoms with Gasteiger partial charge >= 0.3 is 0 Å². The quantitative estimate of drug-likeness (QED) is 0.262. The number of H-pyrrole nitrogens is 1. The van der Waals surface area contributed by atoms with Gasteiger partial charge in [-0.1, -0.05) is 6.07 Å². The summed E-state index contributed by atoms with van der Waals surface area (Å²) >= 11 is 0. The number of carbonyl (C=O) groups excluding carboxylic acids is 1. The lowest BCUT2D eigenvalue weighted by atomic mass is 10.1. The first kappa shape index (κ1) is 28.7. The van der Waals surface area contributed by atoms with E-state index in [1.165, 1.54) is 6.20 Å². The molecule has 1 amide bonds. The fourth-order valence-corrected chi connectivity index (χ4v) is 7.94. The number of nitrogens with two attached hydrogens (primary N) is 1. The van der Waals surface area contributed by atoms with Gasteiger partial charge < -0.3 is 29.5 Å². The number of fused-ring (bicyclic) bond motifs is 5. The van der Waals surface area contributed by atoms with Crippen molar-refractivity contribution in [3.05, 3.63) is 76.1 Å². The number of methoxy groups -OCH3 is 1. The van der Waals surface area contributed by atoms with Crippen LogP contribution < -0.4 is 15.9 Å². The van der Waals surface area contributed by atoms with Gasteiger partial charge in [-0.3, -0.25) is 9.59 Å². The van der Waals surface area contributed by atoms with Gasteiger partial charge in [-0.05, 0) is 80.0 Å². The van der Waals surface area contributed by atoms with E-state index in [-0.39, 0.29) is 29.0 Å². The van der Waals surface area contributed by atoms with E-state index in [0.717, 1.165) is 71.6 Å². The first-order valence-electron chi connectivity index (χ1n) is 16.5. The Bertz CT molecular complexity index is 2430. The average molecular weight is 639 g/mol. The van der Waals surface area contributed by atoms with Crippen molar-refractivity contribution in [2.45, 2.75) is 44.3 Å². The van der Waals surface area contributed by atoms with Crippen molar-refractivity contribution in [3.63, 3.8) is 0 Å². The summed E-state index contributed by atoms with van der Waals surface area (Å²) < 4.78 is 10.1. The number of nitrogens with one attached hydrogen (secondary N) is 1. The Morgan fingerprint density at radius 1 is 1.10 bits per heavy atom. The second-order valence-electron chi connectivity index (χ2n) is 13.6. The van der Waals surface area contributed by atoms with Gasteiger partial charge in [-0.15, -0.1) is 0 Å². The molecule has 11 nitrogen and oxygen atoms in total. The Labute approximate surface area is 275 Å². The monoisotopic (exact) mass is 638 g/mol. The maximum Gasteiger partial charge on any atom is 0.254 e. The van der Waals surface area contributed by atoms with Gasteiger partial charge in [0.2, 0.25) is 5.43 Å². The molecule has 0 radical (unpaired) electrons. The van der Waals surface area contributed by atoms with Crippen LogP contribution in [-0.4, -0.2) is 60.6 Å². The molecule has 3 unspecified atom stereocenters. The zero-order chi connectivity index (χ0) is 32.8. The van der Waals surface area contributed by atoms with E-state index in [2.05, 4.69) is 21.7 Å². The minimum atomic E-state index is -0.299. The highest BCUT2D eigenvalue weighted by atomic mass is 16.5. The van der Waals surface area contributed by atoms with E-state index >= 15 is 0 Å². The van der Waals surface area contributed by atoms with E-state index < -0.39 is 0 Å². The van der Waals surface area contributed by atoms with Crippen LogP contribution in [0.15, 0.2) is 59.5 Å². The normalized spacial score (nSPS) is 20.3. The van der Waals surface area contributed by atoms with Crippen molar-refractivity contribution in [1.82, 2.24) is 29.0 Å². The summed E-state index contributed by atoms with van der Waals surface area (Å²) in [6.45, 7) is 1.51. The first-order valence-corrected chi connectivity index (χ1v) is 16.5. The van der Waals surface area contributed by atoms with Gasteiger partial charge in [0.05, 0.1) is 24.0 Å². The number of imidazole rings is 1. The highest BCUT2D eigenvalue weighted by Crippen LogP contribution is 2.40. The molecular formula is C37H34N8O3. The number of pyridine rings is 2.